The molecular formula is C25H21N3O4S. The fourth-order valence-electron chi connectivity index (χ4n) is 4.04. The maximum atomic E-state index is 11.9. The number of carbonyl (C=O) groups is 1. The molecule has 1 aliphatic rings. The van der Waals surface area contributed by atoms with E-state index in [2.05, 4.69) is 10.3 Å². The van der Waals surface area contributed by atoms with Crippen LogP contribution in [-0.4, -0.2) is 28.1 Å². The van der Waals surface area contributed by atoms with Crippen LogP contribution in [0.1, 0.15) is 39.7 Å². The molecule has 1 aliphatic heterocycles. The SMILES string of the molecule is COC(=O)c1cccc(-c2ccc(C3C(c4ccccn4)NC(=S)N3Cc3ccco3)o2)c1. The Morgan fingerprint density at radius 2 is 2.06 bits per heavy atom. The lowest BCUT2D eigenvalue weighted by Crippen LogP contribution is -2.28. The molecule has 3 aromatic heterocycles. The second-order valence-electron chi connectivity index (χ2n) is 7.61. The van der Waals surface area contributed by atoms with E-state index in [4.69, 9.17) is 25.8 Å². The van der Waals surface area contributed by atoms with Gasteiger partial charge in [-0.15, -0.1) is 0 Å². The van der Waals surface area contributed by atoms with E-state index in [9.17, 15) is 4.79 Å². The number of aromatic nitrogens is 1. The molecule has 4 aromatic rings. The van der Waals surface area contributed by atoms with Gasteiger partial charge in [-0.1, -0.05) is 18.2 Å². The van der Waals surface area contributed by atoms with E-state index in [-0.39, 0.29) is 12.1 Å². The van der Waals surface area contributed by atoms with Gasteiger partial charge in [-0.3, -0.25) is 4.98 Å². The molecular weight excluding hydrogens is 438 g/mol. The molecule has 2 atom stereocenters. The molecule has 1 saturated heterocycles. The van der Waals surface area contributed by atoms with Crippen molar-refractivity contribution in [1.29, 1.82) is 0 Å². The number of pyridine rings is 1. The number of rotatable bonds is 6. The molecule has 5 rings (SSSR count). The van der Waals surface area contributed by atoms with Crippen molar-refractivity contribution in [3.05, 3.63) is 102 Å². The number of furan rings is 2. The zero-order valence-electron chi connectivity index (χ0n) is 17.8. The number of esters is 1. The molecule has 1 N–H and O–H groups in total. The minimum absolute atomic E-state index is 0.200. The van der Waals surface area contributed by atoms with E-state index in [0.29, 0.717) is 23.0 Å². The maximum absolute atomic E-state index is 11.9. The Morgan fingerprint density at radius 3 is 2.82 bits per heavy atom. The Balaban J connectivity index is 1.52. The predicted molar refractivity (Wildman–Crippen MR) is 125 cm³/mol. The Kier molecular flexibility index (Phi) is 5.66. The van der Waals surface area contributed by atoms with Crippen LogP contribution in [0.4, 0.5) is 0 Å². The first kappa shape index (κ1) is 21.0. The summed E-state index contributed by atoms with van der Waals surface area (Å²) in [7, 11) is 1.36. The van der Waals surface area contributed by atoms with Gasteiger partial charge in [-0.25, -0.2) is 4.79 Å². The Bertz CT molecular complexity index is 1270. The summed E-state index contributed by atoms with van der Waals surface area (Å²) in [6.45, 7) is 0.487. The van der Waals surface area contributed by atoms with Gasteiger partial charge in [0, 0.05) is 11.8 Å². The third kappa shape index (κ3) is 4.12. The third-order valence-electron chi connectivity index (χ3n) is 5.59. The number of carbonyl (C=O) groups excluding carboxylic acids is 1. The number of ether oxygens (including phenoxy) is 1. The zero-order valence-corrected chi connectivity index (χ0v) is 18.6. The number of hydrogen-bond acceptors (Lipinski definition) is 6. The molecule has 166 valence electrons. The first-order chi connectivity index (χ1) is 16.1. The van der Waals surface area contributed by atoms with E-state index in [1.165, 1.54) is 7.11 Å². The highest BCUT2D eigenvalue weighted by molar-refractivity contribution is 7.80. The topological polar surface area (TPSA) is 80.7 Å². The van der Waals surface area contributed by atoms with E-state index < -0.39 is 5.97 Å². The zero-order chi connectivity index (χ0) is 22.8. The normalized spacial score (nSPS) is 17.7. The monoisotopic (exact) mass is 459 g/mol. The minimum Gasteiger partial charge on any atom is -0.467 e. The third-order valence-corrected chi connectivity index (χ3v) is 5.94. The van der Waals surface area contributed by atoms with Crippen LogP contribution < -0.4 is 5.32 Å². The van der Waals surface area contributed by atoms with Gasteiger partial charge in [-0.2, -0.15) is 0 Å². The van der Waals surface area contributed by atoms with Crippen molar-refractivity contribution >= 4 is 23.3 Å². The first-order valence-corrected chi connectivity index (χ1v) is 10.8. The molecule has 1 aromatic carbocycles. The lowest BCUT2D eigenvalue weighted by atomic mass is 10.0. The first-order valence-electron chi connectivity index (χ1n) is 10.4. The van der Waals surface area contributed by atoms with Gasteiger partial charge in [-0.05, 0) is 60.7 Å². The Morgan fingerprint density at radius 1 is 1.15 bits per heavy atom. The summed E-state index contributed by atoms with van der Waals surface area (Å²) in [6.07, 6.45) is 3.41. The fraction of sp³-hybridized carbons (Fsp3) is 0.160. The largest absolute Gasteiger partial charge is 0.467 e. The van der Waals surface area contributed by atoms with Gasteiger partial charge in [0.15, 0.2) is 5.11 Å². The highest BCUT2D eigenvalue weighted by atomic mass is 32.1. The smallest absolute Gasteiger partial charge is 0.337 e. The van der Waals surface area contributed by atoms with Crippen LogP contribution >= 0.6 is 12.2 Å². The molecule has 4 heterocycles. The molecule has 1 fully saturated rings. The summed E-state index contributed by atoms with van der Waals surface area (Å²) < 4.78 is 16.7. The van der Waals surface area contributed by atoms with Crippen molar-refractivity contribution in [3.8, 4) is 11.3 Å². The standard InChI is InChI=1S/C25H21N3O4S/c1-30-24(29)17-7-4-6-16(14-17)20-10-11-21(32-20)23-22(19-9-2-3-12-26-19)27-25(33)28(23)15-18-8-5-13-31-18/h2-14,22-23H,15H2,1H3,(H,27,33). The quantitative estimate of drug-likeness (QED) is 0.322. The summed E-state index contributed by atoms with van der Waals surface area (Å²) in [5.41, 5.74) is 2.10. The molecule has 2 unspecified atom stereocenters. The lowest BCUT2D eigenvalue weighted by Gasteiger charge is -2.25. The molecule has 0 radical (unpaired) electrons. The van der Waals surface area contributed by atoms with Crippen molar-refractivity contribution in [3.63, 3.8) is 0 Å². The fourth-order valence-corrected chi connectivity index (χ4v) is 4.34. The average molecular weight is 460 g/mol. The van der Waals surface area contributed by atoms with Gasteiger partial charge < -0.3 is 23.8 Å². The summed E-state index contributed by atoms with van der Waals surface area (Å²) >= 11 is 5.68. The summed E-state index contributed by atoms with van der Waals surface area (Å²) in [4.78, 5) is 18.5. The lowest BCUT2D eigenvalue weighted by molar-refractivity contribution is 0.0601. The van der Waals surface area contributed by atoms with Gasteiger partial charge in [0.2, 0.25) is 0 Å². The second-order valence-corrected chi connectivity index (χ2v) is 7.99. The van der Waals surface area contributed by atoms with Crippen LogP contribution in [0.2, 0.25) is 0 Å². The van der Waals surface area contributed by atoms with Crippen LogP contribution in [0.15, 0.2) is 88.0 Å². The average Bonchev–Trinajstić information content (AvgIpc) is 3.61. The van der Waals surface area contributed by atoms with Crippen LogP contribution in [0.3, 0.4) is 0 Å². The van der Waals surface area contributed by atoms with Crippen LogP contribution in [0.25, 0.3) is 11.3 Å². The summed E-state index contributed by atoms with van der Waals surface area (Å²) in [5, 5.41) is 3.99. The van der Waals surface area contributed by atoms with Gasteiger partial charge in [0.25, 0.3) is 0 Å². The van der Waals surface area contributed by atoms with Crippen molar-refractivity contribution in [2.45, 2.75) is 18.6 Å². The molecule has 33 heavy (non-hydrogen) atoms. The molecule has 0 bridgehead atoms. The molecule has 0 saturated carbocycles. The highest BCUT2D eigenvalue weighted by Crippen LogP contribution is 2.41. The van der Waals surface area contributed by atoms with Crippen molar-refractivity contribution in [2.75, 3.05) is 7.11 Å². The van der Waals surface area contributed by atoms with Crippen molar-refractivity contribution in [2.24, 2.45) is 0 Å². The van der Waals surface area contributed by atoms with E-state index in [1.807, 2.05) is 53.4 Å². The highest BCUT2D eigenvalue weighted by Gasteiger charge is 2.42. The van der Waals surface area contributed by atoms with E-state index in [0.717, 1.165) is 22.8 Å². The van der Waals surface area contributed by atoms with Crippen LogP contribution in [0, 0.1) is 0 Å². The number of methoxy groups -OCH3 is 1. The number of thiocarbonyl (C=S) groups is 1. The molecule has 0 spiro atoms. The van der Waals surface area contributed by atoms with E-state index >= 15 is 0 Å². The summed E-state index contributed by atoms with van der Waals surface area (Å²) in [6, 6.07) is 20.1. The second kappa shape index (κ2) is 8.91. The van der Waals surface area contributed by atoms with Crippen molar-refractivity contribution < 1.29 is 18.4 Å². The number of hydrogen-bond donors (Lipinski definition) is 1. The predicted octanol–water partition coefficient (Wildman–Crippen LogP) is 4.89. The van der Waals surface area contributed by atoms with E-state index in [1.54, 1.807) is 30.7 Å². The van der Waals surface area contributed by atoms with Crippen molar-refractivity contribution in [1.82, 2.24) is 15.2 Å². The van der Waals surface area contributed by atoms with Gasteiger partial charge in [0.05, 0.1) is 37.2 Å². The van der Waals surface area contributed by atoms with Gasteiger partial charge >= 0.3 is 5.97 Å². The number of nitrogens with zero attached hydrogens (tertiary/aromatic N) is 2. The molecule has 7 nitrogen and oxygen atoms in total. The molecule has 0 amide bonds. The number of nitrogens with one attached hydrogen (secondary N) is 1. The molecule has 0 aliphatic carbocycles. The summed E-state index contributed by atoms with van der Waals surface area (Å²) in [5.74, 6) is 1.77. The van der Waals surface area contributed by atoms with Crippen LogP contribution in [-0.2, 0) is 11.3 Å². The van der Waals surface area contributed by atoms with Crippen LogP contribution in [0.5, 0.6) is 0 Å². The molecule has 8 heteroatoms. The minimum atomic E-state index is -0.395. The number of benzene rings is 1. The Hall–Kier alpha value is -3.91. The van der Waals surface area contributed by atoms with Gasteiger partial charge in [0.1, 0.15) is 23.3 Å². The Labute approximate surface area is 196 Å². The maximum Gasteiger partial charge on any atom is 0.337 e.